The van der Waals surface area contributed by atoms with Gasteiger partial charge >= 0.3 is 24.2 Å². The van der Waals surface area contributed by atoms with Gasteiger partial charge in [-0.25, -0.2) is 19.2 Å². The highest BCUT2D eigenvalue weighted by Gasteiger charge is 2.28. The minimum atomic E-state index is -1.31. The molecule has 0 rings (SSSR count). The van der Waals surface area contributed by atoms with Crippen LogP contribution in [0.4, 0.5) is 14.4 Å². The van der Waals surface area contributed by atoms with Gasteiger partial charge in [0.05, 0.1) is 0 Å². The Balaban J connectivity index is 5.22. The van der Waals surface area contributed by atoms with Crippen LogP contribution in [0.5, 0.6) is 0 Å². The minimum absolute atomic E-state index is 0.00943. The molecule has 186 valence electrons. The molecule has 0 saturated heterocycles. The molecule has 0 heterocycles. The highest BCUT2D eigenvalue weighted by Crippen LogP contribution is 2.12. The predicted molar refractivity (Wildman–Crippen MR) is 117 cm³/mol. The number of carboxylic acid groups (broad SMARTS) is 1. The number of nitrogens with one attached hydrogen (secondary N) is 3. The molecule has 11 heteroatoms. The predicted octanol–water partition coefficient (Wildman–Crippen LogP) is 3.02. The van der Waals surface area contributed by atoms with E-state index in [1.165, 1.54) is 0 Å². The smallest absolute Gasteiger partial charge is 0.408 e. The molecule has 0 aliphatic carbocycles. The number of carbonyl (C=O) groups is 4. The zero-order valence-corrected chi connectivity index (χ0v) is 20.6. The number of amides is 3. The highest BCUT2D eigenvalue weighted by atomic mass is 16.6. The van der Waals surface area contributed by atoms with E-state index < -0.39 is 53.0 Å². The van der Waals surface area contributed by atoms with Crippen molar-refractivity contribution >= 4 is 24.2 Å². The Hall–Kier alpha value is -2.72. The van der Waals surface area contributed by atoms with Crippen LogP contribution in [0.15, 0.2) is 0 Å². The molecule has 3 amide bonds. The first-order valence-electron chi connectivity index (χ1n) is 10.4. The van der Waals surface area contributed by atoms with Gasteiger partial charge in [0.15, 0.2) is 0 Å². The summed E-state index contributed by atoms with van der Waals surface area (Å²) in [4.78, 5) is 47.7. The first-order chi connectivity index (χ1) is 14.3. The second-order valence-corrected chi connectivity index (χ2v) is 10.4. The van der Waals surface area contributed by atoms with Crippen molar-refractivity contribution in [2.24, 2.45) is 5.92 Å². The van der Waals surface area contributed by atoms with Gasteiger partial charge in [-0.3, -0.25) is 0 Å². The molecule has 0 aliphatic rings. The first-order valence-corrected chi connectivity index (χ1v) is 10.4. The van der Waals surface area contributed by atoms with Gasteiger partial charge in [-0.05, 0) is 74.7 Å². The molecular weight excluding hydrogens is 422 g/mol. The highest BCUT2D eigenvalue weighted by molar-refractivity contribution is 5.80. The lowest BCUT2D eigenvalue weighted by atomic mass is 9.99. The van der Waals surface area contributed by atoms with Crippen molar-refractivity contribution < 1.29 is 38.5 Å². The lowest BCUT2D eigenvalue weighted by molar-refractivity contribution is -0.140. The van der Waals surface area contributed by atoms with Gasteiger partial charge in [0.1, 0.15) is 22.8 Å². The zero-order chi connectivity index (χ0) is 25.3. The van der Waals surface area contributed by atoms with Crippen LogP contribution in [-0.4, -0.2) is 65.3 Å². The normalized spacial score (nSPS) is 13.1. The third-order valence-electron chi connectivity index (χ3n) is 3.43. The number of aliphatic carboxylic acids is 1. The summed E-state index contributed by atoms with van der Waals surface area (Å²) in [5.74, 6) is -1.85. The Labute approximate surface area is 189 Å². The summed E-state index contributed by atoms with van der Waals surface area (Å²) >= 11 is 0. The van der Waals surface area contributed by atoms with Crippen LogP contribution in [0.2, 0.25) is 0 Å². The van der Waals surface area contributed by atoms with E-state index in [9.17, 15) is 24.3 Å². The van der Waals surface area contributed by atoms with Crippen molar-refractivity contribution in [3.63, 3.8) is 0 Å². The molecule has 32 heavy (non-hydrogen) atoms. The SMILES string of the molecule is CC(C)(C)OC(=O)NCC(CNC(=O)OC(C)(C)C)C[C@H](NC(=O)OC(C)(C)C)C(=O)O. The van der Waals surface area contributed by atoms with Crippen LogP contribution in [0, 0.1) is 5.92 Å². The van der Waals surface area contributed by atoms with Gasteiger partial charge in [0.2, 0.25) is 0 Å². The van der Waals surface area contributed by atoms with Crippen molar-refractivity contribution in [3.8, 4) is 0 Å². The molecule has 11 nitrogen and oxygen atoms in total. The molecule has 0 unspecified atom stereocenters. The van der Waals surface area contributed by atoms with E-state index in [0.717, 1.165) is 0 Å². The van der Waals surface area contributed by atoms with Crippen molar-refractivity contribution in [2.75, 3.05) is 13.1 Å². The molecule has 0 aliphatic heterocycles. The average molecular weight is 462 g/mol. The number of rotatable bonds is 8. The van der Waals surface area contributed by atoms with E-state index in [1.807, 2.05) is 0 Å². The fourth-order valence-electron chi connectivity index (χ4n) is 2.33. The molecule has 0 aromatic heterocycles. The molecule has 0 bridgehead atoms. The largest absolute Gasteiger partial charge is 0.480 e. The van der Waals surface area contributed by atoms with Crippen molar-refractivity contribution in [1.82, 2.24) is 16.0 Å². The molecule has 4 N–H and O–H groups in total. The summed E-state index contributed by atoms with van der Waals surface area (Å²) in [6.45, 7) is 15.2. The topological polar surface area (TPSA) is 152 Å². The Morgan fingerprint density at radius 1 is 0.688 bits per heavy atom. The van der Waals surface area contributed by atoms with Gasteiger partial charge in [-0.1, -0.05) is 0 Å². The summed E-state index contributed by atoms with van der Waals surface area (Å²) in [7, 11) is 0. The number of carboxylic acids is 1. The number of alkyl carbamates (subject to hydrolysis) is 3. The Morgan fingerprint density at radius 2 is 1.03 bits per heavy atom. The maximum absolute atomic E-state index is 12.0. The lowest BCUT2D eigenvalue weighted by Gasteiger charge is -2.26. The molecule has 0 aromatic rings. The van der Waals surface area contributed by atoms with E-state index in [1.54, 1.807) is 62.3 Å². The van der Waals surface area contributed by atoms with E-state index in [4.69, 9.17) is 14.2 Å². The van der Waals surface area contributed by atoms with Crippen LogP contribution in [0.3, 0.4) is 0 Å². The van der Waals surface area contributed by atoms with Crippen molar-refractivity contribution in [1.29, 1.82) is 0 Å². The second kappa shape index (κ2) is 11.8. The Bertz CT molecular complexity index is 627. The maximum atomic E-state index is 12.0. The van der Waals surface area contributed by atoms with E-state index in [0.29, 0.717) is 0 Å². The molecule has 1 atom stereocenters. The van der Waals surface area contributed by atoms with E-state index in [-0.39, 0.29) is 19.5 Å². The molecule has 0 spiro atoms. The minimum Gasteiger partial charge on any atom is -0.480 e. The summed E-state index contributed by atoms with van der Waals surface area (Å²) in [5.41, 5.74) is -2.23. The quantitative estimate of drug-likeness (QED) is 0.403. The maximum Gasteiger partial charge on any atom is 0.408 e. The van der Waals surface area contributed by atoms with Crippen molar-refractivity contribution in [2.45, 2.75) is 91.6 Å². The second-order valence-electron chi connectivity index (χ2n) is 10.4. The van der Waals surface area contributed by atoms with Gasteiger partial charge in [-0.2, -0.15) is 0 Å². The molecule has 0 fully saturated rings. The average Bonchev–Trinajstić information content (AvgIpc) is 2.51. The first kappa shape index (κ1) is 29.3. The fourth-order valence-corrected chi connectivity index (χ4v) is 2.33. The monoisotopic (exact) mass is 461 g/mol. The molecule has 0 aromatic carbocycles. The van der Waals surface area contributed by atoms with Gasteiger partial charge in [0, 0.05) is 13.1 Å². The van der Waals surface area contributed by atoms with E-state index >= 15 is 0 Å². The number of ether oxygens (including phenoxy) is 3. The van der Waals surface area contributed by atoms with Crippen molar-refractivity contribution in [3.05, 3.63) is 0 Å². The summed E-state index contributed by atoms with van der Waals surface area (Å²) in [5, 5.41) is 17.0. The Morgan fingerprint density at radius 3 is 1.34 bits per heavy atom. The summed E-state index contributed by atoms with van der Waals surface area (Å²) in [6, 6.07) is -1.31. The standard InChI is InChI=1S/C21H39N3O8/c1-19(2,3)30-16(27)22-11-13(12-23-17(28)31-20(4,5)6)10-14(15(25)26)24-18(29)32-21(7,8)9/h13-14H,10-12H2,1-9H3,(H,22,27)(H,23,28)(H,24,29)(H,25,26)/t14-/m0/s1. The number of carbonyl (C=O) groups excluding carboxylic acids is 3. The zero-order valence-electron chi connectivity index (χ0n) is 20.6. The third-order valence-corrected chi connectivity index (χ3v) is 3.43. The fraction of sp³-hybridized carbons (Fsp3) is 0.810. The van der Waals surface area contributed by atoms with E-state index in [2.05, 4.69) is 16.0 Å². The van der Waals surface area contributed by atoms with Gasteiger partial charge in [0.25, 0.3) is 0 Å². The van der Waals surface area contributed by atoms with Crippen LogP contribution in [0.25, 0.3) is 0 Å². The molecular formula is C21H39N3O8. The van der Waals surface area contributed by atoms with Crippen LogP contribution < -0.4 is 16.0 Å². The van der Waals surface area contributed by atoms with Crippen LogP contribution >= 0.6 is 0 Å². The molecule has 0 radical (unpaired) electrons. The molecule has 0 saturated carbocycles. The van der Waals surface area contributed by atoms with Crippen LogP contribution in [-0.2, 0) is 19.0 Å². The summed E-state index contributed by atoms with van der Waals surface area (Å²) in [6.07, 6.45) is -2.36. The van der Waals surface area contributed by atoms with Gasteiger partial charge < -0.3 is 35.3 Å². The summed E-state index contributed by atoms with van der Waals surface area (Å²) < 4.78 is 15.5. The Kier molecular flexibility index (Phi) is 10.8. The lowest BCUT2D eigenvalue weighted by Crippen LogP contribution is -2.47. The third kappa shape index (κ3) is 16.0. The van der Waals surface area contributed by atoms with Gasteiger partial charge in [-0.15, -0.1) is 0 Å². The van der Waals surface area contributed by atoms with Crippen LogP contribution in [0.1, 0.15) is 68.7 Å². The number of hydrogen-bond donors (Lipinski definition) is 4. The number of hydrogen-bond acceptors (Lipinski definition) is 7.